The minimum atomic E-state index is -3.85. The highest BCUT2D eigenvalue weighted by Crippen LogP contribution is 2.29. The first kappa shape index (κ1) is 20.6. The molecule has 4 rings (SSSR count). The van der Waals surface area contributed by atoms with Crippen molar-refractivity contribution < 1.29 is 8.42 Å². The van der Waals surface area contributed by atoms with E-state index in [1.54, 1.807) is 5.01 Å². The number of sulfonamides is 1. The van der Waals surface area contributed by atoms with E-state index in [1.165, 1.54) is 30.6 Å². The summed E-state index contributed by atoms with van der Waals surface area (Å²) in [5, 5.41) is 7.28. The Hall–Kier alpha value is -2.67. The van der Waals surface area contributed by atoms with Crippen LogP contribution < -0.4 is 0 Å². The largest absolute Gasteiger partial charge is 0.283 e. The van der Waals surface area contributed by atoms with Crippen LogP contribution in [0.1, 0.15) is 17.0 Å². The van der Waals surface area contributed by atoms with Crippen molar-refractivity contribution in [3.8, 4) is 0 Å². The lowest BCUT2D eigenvalue weighted by Crippen LogP contribution is -2.18. The highest BCUT2D eigenvalue weighted by Gasteiger charge is 2.29. The first-order valence-electron chi connectivity index (χ1n) is 9.14. The fraction of sp³-hybridized carbons (Fsp3) is 0.0909. The summed E-state index contributed by atoms with van der Waals surface area (Å²) in [4.78, 5) is 0.0730. The van der Waals surface area contributed by atoms with E-state index in [-0.39, 0.29) is 10.8 Å². The topological polar surface area (TPSA) is 62.1 Å². The molecule has 1 aliphatic rings. The Bertz CT molecular complexity index is 1190. The van der Waals surface area contributed by atoms with Crippen LogP contribution in [0, 0.1) is 0 Å². The van der Waals surface area contributed by atoms with E-state index in [0.29, 0.717) is 16.6 Å². The van der Waals surface area contributed by atoms with Gasteiger partial charge in [0.15, 0.2) is 0 Å². The van der Waals surface area contributed by atoms with Gasteiger partial charge in [-0.15, -0.1) is 4.40 Å². The molecule has 1 unspecified atom stereocenters. The molecule has 0 bridgehead atoms. The van der Waals surface area contributed by atoms with Crippen molar-refractivity contribution in [1.29, 1.82) is 0 Å². The van der Waals surface area contributed by atoms with Gasteiger partial charge in [0.1, 0.15) is 6.34 Å². The summed E-state index contributed by atoms with van der Waals surface area (Å²) in [5.41, 5.74) is 2.83. The Morgan fingerprint density at radius 2 is 1.50 bits per heavy atom. The van der Waals surface area contributed by atoms with E-state index in [2.05, 4.69) is 9.50 Å². The molecule has 0 amide bonds. The van der Waals surface area contributed by atoms with Crippen molar-refractivity contribution in [1.82, 2.24) is 5.01 Å². The lowest BCUT2D eigenvalue weighted by atomic mass is 9.91. The van der Waals surface area contributed by atoms with Crippen molar-refractivity contribution >= 4 is 45.3 Å². The molecule has 0 saturated carbocycles. The second-order valence-electron chi connectivity index (χ2n) is 6.73. The van der Waals surface area contributed by atoms with Crippen LogP contribution in [-0.4, -0.2) is 32.0 Å². The SMILES string of the molecule is O=S(=O)(/N=C/N1CC(c2ccccc2)C(c2ccc(Cl)cc2)=N1)c1ccc(Cl)cc1. The first-order valence-corrected chi connectivity index (χ1v) is 11.3. The Labute approximate surface area is 185 Å². The maximum absolute atomic E-state index is 12.5. The van der Waals surface area contributed by atoms with Crippen LogP contribution in [0.3, 0.4) is 0 Å². The average Bonchev–Trinajstić information content (AvgIpc) is 3.18. The average molecular weight is 458 g/mol. The van der Waals surface area contributed by atoms with Gasteiger partial charge in [0.05, 0.1) is 17.2 Å². The lowest BCUT2D eigenvalue weighted by molar-refractivity contribution is 0.489. The van der Waals surface area contributed by atoms with Gasteiger partial charge in [-0.2, -0.15) is 13.5 Å². The van der Waals surface area contributed by atoms with E-state index >= 15 is 0 Å². The lowest BCUT2D eigenvalue weighted by Gasteiger charge is -2.13. The number of benzene rings is 3. The first-order chi connectivity index (χ1) is 14.4. The summed E-state index contributed by atoms with van der Waals surface area (Å²) < 4.78 is 28.8. The van der Waals surface area contributed by atoms with Crippen LogP contribution in [0.2, 0.25) is 10.0 Å². The number of hydrazone groups is 1. The Morgan fingerprint density at radius 1 is 0.900 bits per heavy atom. The zero-order valence-electron chi connectivity index (χ0n) is 15.7. The molecule has 1 atom stereocenters. The van der Waals surface area contributed by atoms with Gasteiger partial charge in [0.25, 0.3) is 10.0 Å². The van der Waals surface area contributed by atoms with E-state index in [0.717, 1.165) is 16.8 Å². The van der Waals surface area contributed by atoms with Gasteiger partial charge in [-0.25, -0.2) is 0 Å². The van der Waals surface area contributed by atoms with Gasteiger partial charge >= 0.3 is 0 Å². The second-order valence-corrected chi connectivity index (χ2v) is 9.23. The molecule has 3 aromatic carbocycles. The molecule has 8 heteroatoms. The van der Waals surface area contributed by atoms with E-state index in [4.69, 9.17) is 23.2 Å². The minimum absolute atomic E-state index is 0.0305. The molecule has 0 saturated heterocycles. The number of hydrogen-bond donors (Lipinski definition) is 0. The van der Waals surface area contributed by atoms with E-state index < -0.39 is 10.0 Å². The van der Waals surface area contributed by atoms with Crippen molar-refractivity contribution in [2.24, 2.45) is 9.50 Å². The van der Waals surface area contributed by atoms with Gasteiger partial charge in [-0.1, -0.05) is 65.7 Å². The van der Waals surface area contributed by atoms with Crippen LogP contribution in [0.15, 0.2) is 93.3 Å². The third-order valence-corrected chi connectivity index (χ3v) is 6.45. The van der Waals surface area contributed by atoms with Crippen LogP contribution in [-0.2, 0) is 10.0 Å². The van der Waals surface area contributed by atoms with Crippen molar-refractivity contribution in [3.63, 3.8) is 0 Å². The summed E-state index contributed by atoms with van der Waals surface area (Å²) >= 11 is 11.9. The standard InChI is InChI=1S/C22H17Cl2N3O2S/c23-18-8-6-17(7-9-18)22-21(16-4-2-1-3-5-16)14-27(26-22)15-25-30(28,29)20-12-10-19(24)11-13-20/h1-13,15,21H,14H2/b25-15+. The van der Waals surface area contributed by atoms with Gasteiger partial charge in [0, 0.05) is 16.0 Å². The summed E-state index contributed by atoms with van der Waals surface area (Å²) in [7, 11) is -3.85. The molecule has 5 nitrogen and oxygen atoms in total. The second kappa shape index (κ2) is 8.60. The quantitative estimate of drug-likeness (QED) is 0.389. The van der Waals surface area contributed by atoms with Crippen LogP contribution in [0.25, 0.3) is 0 Å². The van der Waals surface area contributed by atoms with E-state index in [9.17, 15) is 8.42 Å². The maximum Gasteiger partial charge on any atom is 0.283 e. The third kappa shape index (κ3) is 4.56. The highest BCUT2D eigenvalue weighted by molar-refractivity contribution is 7.90. The smallest absolute Gasteiger partial charge is 0.252 e. The van der Waals surface area contributed by atoms with Crippen molar-refractivity contribution in [2.75, 3.05) is 6.54 Å². The minimum Gasteiger partial charge on any atom is -0.252 e. The molecule has 30 heavy (non-hydrogen) atoms. The number of halogens is 2. The van der Waals surface area contributed by atoms with Crippen LogP contribution >= 0.6 is 23.2 Å². The Kier molecular flexibility index (Phi) is 5.90. The molecule has 0 N–H and O–H groups in total. The fourth-order valence-electron chi connectivity index (χ4n) is 3.21. The van der Waals surface area contributed by atoms with Gasteiger partial charge in [0.2, 0.25) is 0 Å². The number of hydrogen-bond acceptors (Lipinski definition) is 3. The summed E-state index contributed by atoms with van der Waals surface area (Å²) in [5.74, 6) is -0.0305. The summed E-state index contributed by atoms with van der Waals surface area (Å²) in [6.45, 7) is 0.474. The van der Waals surface area contributed by atoms with E-state index in [1.807, 2.05) is 54.6 Å². The molecule has 1 aliphatic heterocycles. The summed E-state index contributed by atoms with van der Waals surface area (Å²) in [6.07, 6.45) is 1.25. The molecule has 0 aliphatic carbocycles. The predicted octanol–water partition coefficient (Wildman–Crippen LogP) is 5.21. The van der Waals surface area contributed by atoms with Crippen LogP contribution in [0.4, 0.5) is 0 Å². The molecular weight excluding hydrogens is 441 g/mol. The molecular formula is C22H17Cl2N3O2S. The monoisotopic (exact) mass is 457 g/mol. The zero-order valence-corrected chi connectivity index (χ0v) is 18.0. The van der Waals surface area contributed by atoms with Gasteiger partial charge < -0.3 is 0 Å². The molecule has 0 fully saturated rings. The number of rotatable bonds is 5. The van der Waals surface area contributed by atoms with Crippen molar-refractivity contribution in [2.45, 2.75) is 10.8 Å². The molecule has 0 spiro atoms. The van der Waals surface area contributed by atoms with Gasteiger partial charge in [-0.05, 0) is 47.5 Å². The molecule has 0 aromatic heterocycles. The Balaban J connectivity index is 1.64. The number of nitrogens with zero attached hydrogens (tertiary/aromatic N) is 3. The third-order valence-electron chi connectivity index (χ3n) is 4.71. The fourth-order valence-corrected chi connectivity index (χ4v) is 4.29. The molecule has 0 radical (unpaired) electrons. The van der Waals surface area contributed by atoms with Gasteiger partial charge in [-0.3, -0.25) is 5.01 Å². The molecule has 3 aromatic rings. The maximum atomic E-state index is 12.5. The summed E-state index contributed by atoms with van der Waals surface area (Å²) in [6, 6.07) is 23.3. The predicted molar refractivity (Wildman–Crippen MR) is 121 cm³/mol. The van der Waals surface area contributed by atoms with Crippen LogP contribution in [0.5, 0.6) is 0 Å². The normalized spacial score (nSPS) is 16.8. The zero-order chi connectivity index (χ0) is 21.1. The highest BCUT2D eigenvalue weighted by atomic mass is 35.5. The Morgan fingerprint density at radius 3 is 2.13 bits per heavy atom. The van der Waals surface area contributed by atoms with Crippen molar-refractivity contribution in [3.05, 3.63) is 100 Å². The molecule has 152 valence electrons. The molecule has 1 heterocycles.